The minimum atomic E-state index is -4.42. The number of unbranched alkanes of at least 4 members (excludes halogenated alkanes) is 1. The van der Waals surface area contributed by atoms with Crippen molar-refractivity contribution in [3.8, 4) is 16.9 Å². The van der Waals surface area contributed by atoms with E-state index in [0.29, 0.717) is 28.8 Å². The van der Waals surface area contributed by atoms with E-state index in [9.17, 15) is 23.1 Å². The summed E-state index contributed by atoms with van der Waals surface area (Å²) in [5, 5.41) is 14.5. The van der Waals surface area contributed by atoms with Crippen LogP contribution in [0.2, 0.25) is 0 Å². The molecule has 218 valence electrons. The first-order valence-corrected chi connectivity index (χ1v) is 15.6. The van der Waals surface area contributed by atoms with Crippen LogP contribution < -0.4 is 15.8 Å². The number of rotatable bonds is 10. The zero-order valence-electron chi connectivity index (χ0n) is 24.0. The molecule has 42 heavy (non-hydrogen) atoms. The van der Waals surface area contributed by atoms with Crippen molar-refractivity contribution in [3.05, 3.63) is 100.0 Å². The topological polar surface area (TPSA) is 120 Å². The van der Waals surface area contributed by atoms with Crippen LogP contribution >= 0.6 is 0 Å². The Labute approximate surface area is 246 Å². The Kier molecular flexibility index (Phi) is 8.22. The molecule has 5 rings (SSSR count). The van der Waals surface area contributed by atoms with Gasteiger partial charge in [-0.2, -0.15) is 0 Å². The quantitative estimate of drug-likeness (QED) is 0.214. The lowest BCUT2D eigenvalue weighted by Crippen LogP contribution is -2.25. The number of carbonyl (C=O) groups excluding carboxylic acids is 1. The average molecular weight is 586 g/mol. The van der Waals surface area contributed by atoms with Gasteiger partial charge in [0.05, 0.1) is 4.90 Å². The number of carbonyl (C=O) groups is 1. The van der Waals surface area contributed by atoms with E-state index < -0.39 is 26.0 Å². The maximum absolute atomic E-state index is 13.9. The lowest BCUT2D eigenvalue weighted by atomic mass is 9.99. The highest BCUT2D eigenvalue weighted by atomic mass is 32.2. The number of pyridine rings is 1. The predicted octanol–water partition coefficient (Wildman–Crippen LogP) is 5.89. The lowest BCUT2D eigenvalue weighted by molar-refractivity contribution is 0.0951. The van der Waals surface area contributed by atoms with E-state index in [0.717, 1.165) is 36.9 Å². The number of para-hydroxylation sites is 1. The number of nitrogens with one attached hydrogen (secondary N) is 2. The second-order valence-electron chi connectivity index (χ2n) is 10.7. The SMILES string of the molecule is CCCCc1[nH]c(=O)c(S(=O)(=O)c2ccc(-c3ccccc3C(=O)NC3CC3)cc2)c(O)c1N(C)c1ccccc1C. The van der Waals surface area contributed by atoms with Crippen molar-refractivity contribution in [2.24, 2.45) is 0 Å². The predicted molar refractivity (Wildman–Crippen MR) is 164 cm³/mol. The van der Waals surface area contributed by atoms with Gasteiger partial charge in [-0.15, -0.1) is 0 Å². The van der Waals surface area contributed by atoms with Crippen molar-refractivity contribution in [1.82, 2.24) is 10.3 Å². The summed E-state index contributed by atoms with van der Waals surface area (Å²) in [5.41, 5.74) is 3.38. The van der Waals surface area contributed by atoms with Gasteiger partial charge >= 0.3 is 0 Å². The van der Waals surface area contributed by atoms with Crippen LogP contribution in [0.25, 0.3) is 11.1 Å². The molecule has 1 aliphatic rings. The highest BCUT2D eigenvalue weighted by Gasteiger charge is 2.31. The Balaban J connectivity index is 1.56. The van der Waals surface area contributed by atoms with Crippen LogP contribution in [-0.4, -0.2) is 37.5 Å². The number of benzene rings is 3. The normalized spacial score (nSPS) is 13.1. The number of hydrogen-bond acceptors (Lipinski definition) is 6. The van der Waals surface area contributed by atoms with Crippen LogP contribution in [0.3, 0.4) is 0 Å². The molecule has 0 saturated heterocycles. The number of anilines is 2. The molecular formula is C33H35N3O5S. The molecule has 1 saturated carbocycles. The van der Waals surface area contributed by atoms with Crippen molar-refractivity contribution < 1.29 is 18.3 Å². The molecule has 1 heterocycles. The monoisotopic (exact) mass is 585 g/mol. The number of aromatic amines is 1. The smallest absolute Gasteiger partial charge is 0.271 e. The van der Waals surface area contributed by atoms with E-state index in [-0.39, 0.29) is 22.5 Å². The molecule has 3 aromatic carbocycles. The molecular weight excluding hydrogens is 550 g/mol. The fourth-order valence-corrected chi connectivity index (χ4v) is 6.55. The summed E-state index contributed by atoms with van der Waals surface area (Å²) >= 11 is 0. The maximum Gasteiger partial charge on any atom is 0.271 e. The zero-order chi connectivity index (χ0) is 30.0. The van der Waals surface area contributed by atoms with Gasteiger partial charge in [-0.25, -0.2) is 8.42 Å². The van der Waals surface area contributed by atoms with Gasteiger partial charge in [0.15, 0.2) is 10.6 Å². The molecule has 0 aliphatic heterocycles. The minimum Gasteiger partial charge on any atom is -0.504 e. The summed E-state index contributed by atoms with van der Waals surface area (Å²) in [7, 11) is -2.68. The van der Waals surface area contributed by atoms with E-state index in [1.54, 1.807) is 36.2 Å². The number of nitrogens with zero attached hydrogens (tertiary/aromatic N) is 1. The first-order valence-electron chi connectivity index (χ1n) is 14.2. The summed E-state index contributed by atoms with van der Waals surface area (Å²) in [6.07, 6.45) is 4.00. The summed E-state index contributed by atoms with van der Waals surface area (Å²) < 4.78 is 27.7. The molecule has 1 amide bonds. The molecule has 1 fully saturated rings. The highest BCUT2D eigenvalue weighted by molar-refractivity contribution is 7.91. The van der Waals surface area contributed by atoms with E-state index >= 15 is 0 Å². The number of aromatic hydroxyl groups is 1. The Morgan fingerprint density at radius 3 is 2.36 bits per heavy atom. The Morgan fingerprint density at radius 2 is 1.69 bits per heavy atom. The van der Waals surface area contributed by atoms with Crippen LogP contribution in [-0.2, 0) is 16.3 Å². The molecule has 1 aliphatic carbocycles. The third kappa shape index (κ3) is 5.69. The molecule has 0 bridgehead atoms. The van der Waals surface area contributed by atoms with Crippen molar-refractivity contribution in [1.29, 1.82) is 0 Å². The molecule has 4 aromatic rings. The van der Waals surface area contributed by atoms with E-state index in [4.69, 9.17) is 0 Å². The standard InChI is InChI=1S/C33H35N3O5S/c1-4-5-13-27-29(36(3)28-14-9-6-10-21(28)2)30(37)31(33(39)35-27)42(40,41)24-19-15-22(16-20-24)25-11-7-8-12-26(25)32(38)34-23-17-18-23/h6-12,14-16,19-20,23H,4-5,13,17-18H2,1-3H3,(H,34,38)(H2,35,37,39). The third-order valence-corrected chi connectivity index (χ3v) is 9.43. The van der Waals surface area contributed by atoms with Crippen LogP contribution in [0.5, 0.6) is 5.75 Å². The van der Waals surface area contributed by atoms with Crippen molar-refractivity contribution in [2.75, 3.05) is 11.9 Å². The van der Waals surface area contributed by atoms with E-state index in [1.165, 1.54) is 12.1 Å². The van der Waals surface area contributed by atoms with Crippen molar-refractivity contribution in [2.45, 2.75) is 61.8 Å². The van der Waals surface area contributed by atoms with Gasteiger partial charge < -0.3 is 20.3 Å². The molecule has 8 nitrogen and oxygen atoms in total. The summed E-state index contributed by atoms with van der Waals surface area (Å²) in [5.74, 6) is -0.753. The molecule has 0 unspecified atom stereocenters. The van der Waals surface area contributed by atoms with Gasteiger partial charge in [0.1, 0.15) is 5.69 Å². The second-order valence-corrected chi connectivity index (χ2v) is 12.6. The van der Waals surface area contributed by atoms with Gasteiger partial charge in [0.25, 0.3) is 11.5 Å². The maximum atomic E-state index is 13.9. The molecule has 1 aromatic heterocycles. The summed E-state index contributed by atoms with van der Waals surface area (Å²) in [4.78, 5) is 29.7. The molecule has 9 heteroatoms. The number of sulfone groups is 1. The van der Waals surface area contributed by atoms with E-state index in [2.05, 4.69) is 10.3 Å². The van der Waals surface area contributed by atoms with Gasteiger partial charge in [0.2, 0.25) is 9.84 Å². The average Bonchev–Trinajstić information content (AvgIpc) is 3.80. The second kappa shape index (κ2) is 11.9. The molecule has 3 N–H and O–H groups in total. The fourth-order valence-electron chi connectivity index (χ4n) is 5.17. The Bertz CT molecular complexity index is 1790. The Hall–Kier alpha value is -4.37. The number of H-pyrrole nitrogens is 1. The summed E-state index contributed by atoms with van der Waals surface area (Å²) in [6.45, 7) is 3.94. The number of amides is 1. The lowest BCUT2D eigenvalue weighted by Gasteiger charge is -2.26. The van der Waals surface area contributed by atoms with Gasteiger partial charge in [-0.3, -0.25) is 9.59 Å². The number of hydrogen-bond donors (Lipinski definition) is 3. The Morgan fingerprint density at radius 1 is 1.02 bits per heavy atom. The van der Waals surface area contributed by atoms with E-state index in [1.807, 2.05) is 50.2 Å². The van der Waals surface area contributed by atoms with Crippen molar-refractivity contribution in [3.63, 3.8) is 0 Å². The first-order chi connectivity index (χ1) is 20.1. The largest absolute Gasteiger partial charge is 0.504 e. The minimum absolute atomic E-state index is 0.141. The van der Waals surface area contributed by atoms with Crippen LogP contribution in [0.15, 0.2) is 87.4 Å². The van der Waals surface area contributed by atoms with Gasteiger partial charge in [0, 0.05) is 30.0 Å². The molecule has 0 atom stereocenters. The van der Waals surface area contributed by atoms with Crippen LogP contribution in [0.4, 0.5) is 11.4 Å². The first kappa shape index (κ1) is 29.1. The molecule has 0 spiro atoms. The summed E-state index contributed by atoms with van der Waals surface area (Å²) in [6, 6.07) is 20.9. The number of aromatic nitrogens is 1. The van der Waals surface area contributed by atoms with Crippen LogP contribution in [0.1, 0.15) is 54.2 Å². The highest BCUT2D eigenvalue weighted by Crippen LogP contribution is 2.40. The molecule has 0 radical (unpaired) electrons. The van der Waals surface area contributed by atoms with Gasteiger partial charge in [-0.05, 0) is 73.6 Å². The van der Waals surface area contributed by atoms with Gasteiger partial charge in [-0.1, -0.05) is 61.9 Å². The third-order valence-electron chi connectivity index (χ3n) is 7.62. The van der Waals surface area contributed by atoms with Crippen molar-refractivity contribution >= 4 is 27.1 Å². The van der Waals surface area contributed by atoms with Crippen LogP contribution in [0, 0.1) is 6.92 Å². The number of aryl methyl sites for hydroxylation is 2. The zero-order valence-corrected chi connectivity index (χ0v) is 24.8. The fraction of sp³-hybridized carbons (Fsp3) is 0.273.